The number of hydrogen-bond acceptors (Lipinski definition) is 3. The molecule has 34 heavy (non-hydrogen) atoms. The molecule has 6 rings (SSSR count). The van der Waals surface area contributed by atoms with E-state index >= 15 is 0 Å². The largest absolute Gasteiger partial charge is 0.497 e. The minimum Gasteiger partial charge on any atom is -0.497 e. The van der Waals surface area contributed by atoms with E-state index in [1.54, 1.807) is 14.2 Å². The lowest BCUT2D eigenvalue weighted by Crippen LogP contribution is -2.36. The summed E-state index contributed by atoms with van der Waals surface area (Å²) < 4.78 is 15.1. The second-order valence-electron chi connectivity index (χ2n) is 8.82. The van der Waals surface area contributed by atoms with Crippen molar-refractivity contribution in [1.29, 1.82) is 0 Å². The Kier molecular flexibility index (Phi) is 4.30. The zero-order valence-electron chi connectivity index (χ0n) is 19.5. The van der Waals surface area contributed by atoms with Crippen LogP contribution >= 0.6 is 0 Å². The average molecular weight is 452 g/mol. The number of hydrogen-bond donors (Lipinski definition) is 1. The van der Waals surface area contributed by atoms with Crippen LogP contribution in [-0.4, -0.2) is 29.3 Å². The molecule has 0 saturated heterocycles. The third kappa shape index (κ3) is 2.53. The Hall–Kier alpha value is -4.19. The van der Waals surface area contributed by atoms with Gasteiger partial charge >= 0.3 is 0 Å². The SMILES string of the molecule is COc1ccc2c(C3(c4cn(C)c5cc(OC)ccc45)C(=O)Nc4ccccc43)cn(C)c2c1. The normalized spacial score (nSPS) is 14.4. The van der Waals surface area contributed by atoms with Gasteiger partial charge in [0.05, 0.1) is 25.3 Å². The second-order valence-corrected chi connectivity index (χ2v) is 8.82. The first-order chi connectivity index (χ1) is 16.5. The topological polar surface area (TPSA) is 57.4 Å². The van der Waals surface area contributed by atoms with Crippen molar-refractivity contribution in [2.45, 2.75) is 5.41 Å². The number of ether oxygens (including phenoxy) is 2. The monoisotopic (exact) mass is 451 g/mol. The standard InChI is InChI=1S/C28H25N3O3/c1-30-15-22(19-11-9-17(33-3)13-25(19)30)28(21-7-5-6-8-24(21)29-27(28)32)23-16-31(2)26-14-18(34-4)10-12-20(23)26/h5-16H,1-4H3,(H,29,32). The molecule has 3 heterocycles. The minimum atomic E-state index is -1.02. The summed E-state index contributed by atoms with van der Waals surface area (Å²) >= 11 is 0. The summed E-state index contributed by atoms with van der Waals surface area (Å²) in [6.07, 6.45) is 4.16. The van der Waals surface area contributed by atoms with Crippen molar-refractivity contribution in [1.82, 2.24) is 9.13 Å². The summed E-state index contributed by atoms with van der Waals surface area (Å²) in [6, 6.07) is 20.0. The molecule has 0 saturated carbocycles. The van der Waals surface area contributed by atoms with E-state index in [9.17, 15) is 4.79 Å². The Morgan fingerprint density at radius 3 is 1.79 bits per heavy atom. The summed E-state index contributed by atoms with van der Waals surface area (Å²) in [5.41, 5.74) is 4.67. The predicted octanol–water partition coefficient (Wildman–Crippen LogP) is 4.97. The maximum atomic E-state index is 14.1. The molecular weight excluding hydrogens is 426 g/mol. The van der Waals surface area contributed by atoms with Crippen LogP contribution in [0.5, 0.6) is 11.5 Å². The van der Waals surface area contributed by atoms with E-state index in [2.05, 4.69) is 32.9 Å². The maximum absolute atomic E-state index is 14.1. The van der Waals surface area contributed by atoms with Crippen molar-refractivity contribution in [3.8, 4) is 11.5 Å². The molecule has 3 aromatic carbocycles. The molecule has 1 aliphatic rings. The van der Waals surface area contributed by atoms with Crippen LogP contribution in [0.15, 0.2) is 73.1 Å². The lowest BCUT2D eigenvalue weighted by Gasteiger charge is -2.28. The van der Waals surface area contributed by atoms with Gasteiger partial charge in [0.2, 0.25) is 5.91 Å². The Bertz CT molecular complexity index is 1520. The van der Waals surface area contributed by atoms with Crippen LogP contribution in [0.25, 0.3) is 21.8 Å². The van der Waals surface area contributed by atoms with E-state index in [1.165, 1.54) is 0 Å². The van der Waals surface area contributed by atoms with Crippen LogP contribution in [0.2, 0.25) is 0 Å². The molecule has 2 aromatic heterocycles. The predicted molar refractivity (Wildman–Crippen MR) is 134 cm³/mol. The molecule has 1 N–H and O–H groups in total. The van der Waals surface area contributed by atoms with Gasteiger partial charge in [0, 0.05) is 71.8 Å². The van der Waals surface area contributed by atoms with Crippen molar-refractivity contribution in [3.05, 3.63) is 89.7 Å². The molecule has 0 radical (unpaired) electrons. The van der Waals surface area contributed by atoms with Gasteiger partial charge in [-0.15, -0.1) is 0 Å². The molecule has 1 amide bonds. The lowest BCUT2D eigenvalue weighted by atomic mass is 9.70. The molecule has 0 unspecified atom stereocenters. The van der Waals surface area contributed by atoms with Gasteiger partial charge in [-0.05, 0) is 30.3 Å². The molecule has 6 heteroatoms. The molecule has 0 fully saturated rings. The van der Waals surface area contributed by atoms with Gasteiger partial charge in [-0.25, -0.2) is 0 Å². The Morgan fingerprint density at radius 2 is 1.26 bits per heavy atom. The number of aromatic nitrogens is 2. The molecule has 0 atom stereocenters. The van der Waals surface area contributed by atoms with Crippen LogP contribution in [0.1, 0.15) is 16.7 Å². The van der Waals surface area contributed by atoms with Crippen molar-refractivity contribution >= 4 is 33.4 Å². The number of rotatable bonds is 4. The smallest absolute Gasteiger partial charge is 0.244 e. The number of anilines is 1. The van der Waals surface area contributed by atoms with E-state index < -0.39 is 5.41 Å². The summed E-state index contributed by atoms with van der Waals surface area (Å²) in [5.74, 6) is 1.51. The van der Waals surface area contributed by atoms with Gasteiger partial charge in [0.15, 0.2) is 0 Å². The Balaban J connectivity index is 1.76. The molecule has 170 valence electrons. The van der Waals surface area contributed by atoms with Crippen LogP contribution in [-0.2, 0) is 24.3 Å². The van der Waals surface area contributed by atoms with Gasteiger partial charge in [-0.1, -0.05) is 18.2 Å². The quantitative estimate of drug-likeness (QED) is 0.420. The summed E-state index contributed by atoms with van der Waals surface area (Å²) in [7, 11) is 7.34. The molecular formula is C28H25N3O3. The fraction of sp³-hybridized carbons (Fsp3) is 0.179. The van der Waals surface area contributed by atoms with Gasteiger partial charge in [0.25, 0.3) is 0 Å². The fourth-order valence-electron chi connectivity index (χ4n) is 5.52. The van der Waals surface area contributed by atoms with E-state index in [0.717, 1.165) is 55.7 Å². The number of carbonyl (C=O) groups is 1. The number of fused-ring (bicyclic) bond motifs is 3. The van der Waals surface area contributed by atoms with Gasteiger partial charge in [-0.3, -0.25) is 4.79 Å². The zero-order chi connectivity index (χ0) is 23.6. The number of methoxy groups -OCH3 is 2. The molecule has 0 bridgehead atoms. The van der Waals surface area contributed by atoms with Crippen molar-refractivity contribution in [2.75, 3.05) is 19.5 Å². The van der Waals surface area contributed by atoms with Gasteiger partial charge in [-0.2, -0.15) is 0 Å². The number of nitrogens with one attached hydrogen (secondary N) is 1. The lowest BCUT2D eigenvalue weighted by molar-refractivity contribution is -0.118. The number of nitrogens with zero attached hydrogens (tertiary/aromatic N) is 2. The molecule has 1 aliphatic heterocycles. The van der Waals surface area contributed by atoms with Crippen molar-refractivity contribution in [3.63, 3.8) is 0 Å². The first-order valence-corrected chi connectivity index (χ1v) is 11.2. The van der Waals surface area contributed by atoms with E-state index in [4.69, 9.17) is 9.47 Å². The maximum Gasteiger partial charge on any atom is 0.244 e. The van der Waals surface area contributed by atoms with Crippen LogP contribution < -0.4 is 14.8 Å². The number of amides is 1. The van der Waals surface area contributed by atoms with E-state index in [1.807, 2.05) is 68.7 Å². The molecule has 5 aromatic rings. The van der Waals surface area contributed by atoms with Crippen LogP contribution in [0.3, 0.4) is 0 Å². The number of benzene rings is 3. The third-order valence-electron chi connectivity index (χ3n) is 7.12. The highest BCUT2D eigenvalue weighted by Crippen LogP contribution is 2.52. The van der Waals surface area contributed by atoms with Gasteiger partial charge in [0.1, 0.15) is 16.9 Å². The van der Waals surface area contributed by atoms with Crippen molar-refractivity contribution < 1.29 is 14.3 Å². The van der Waals surface area contributed by atoms with Gasteiger partial charge < -0.3 is 23.9 Å². The van der Waals surface area contributed by atoms with Crippen LogP contribution in [0, 0.1) is 0 Å². The third-order valence-corrected chi connectivity index (χ3v) is 7.12. The fourth-order valence-corrected chi connectivity index (χ4v) is 5.52. The first kappa shape index (κ1) is 20.4. The number of carbonyl (C=O) groups excluding carboxylic acids is 1. The summed E-state index contributed by atoms with van der Waals surface area (Å²) in [6.45, 7) is 0. The summed E-state index contributed by atoms with van der Waals surface area (Å²) in [4.78, 5) is 14.1. The van der Waals surface area contributed by atoms with E-state index in [-0.39, 0.29) is 5.91 Å². The molecule has 0 spiro atoms. The zero-order valence-corrected chi connectivity index (χ0v) is 19.5. The number of para-hydroxylation sites is 1. The van der Waals surface area contributed by atoms with E-state index in [0.29, 0.717) is 0 Å². The Labute approximate surface area is 197 Å². The molecule has 6 nitrogen and oxygen atoms in total. The highest BCUT2D eigenvalue weighted by molar-refractivity contribution is 6.15. The first-order valence-electron chi connectivity index (χ1n) is 11.2. The number of aryl methyl sites for hydroxylation is 2. The van der Waals surface area contributed by atoms with Crippen molar-refractivity contribution in [2.24, 2.45) is 14.1 Å². The summed E-state index contributed by atoms with van der Waals surface area (Å²) in [5, 5.41) is 5.20. The Morgan fingerprint density at radius 1 is 0.735 bits per heavy atom. The highest BCUT2D eigenvalue weighted by atomic mass is 16.5. The second kappa shape index (κ2) is 7.15. The van der Waals surface area contributed by atoms with Crippen LogP contribution in [0.4, 0.5) is 5.69 Å². The highest BCUT2D eigenvalue weighted by Gasteiger charge is 2.52. The average Bonchev–Trinajstić information content (AvgIpc) is 3.47. The molecule has 0 aliphatic carbocycles. The minimum absolute atomic E-state index is 0.0552.